The van der Waals surface area contributed by atoms with E-state index in [2.05, 4.69) is 53.7 Å². The van der Waals surface area contributed by atoms with Gasteiger partial charge in [0.15, 0.2) is 0 Å². The van der Waals surface area contributed by atoms with Gasteiger partial charge < -0.3 is 0 Å². The van der Waals surface area contributed by atoms with E-state index in [9.17, 15) is 5.26 Å². The van der Waals surface area contributed by atoms with Crippen LogP contribution in [0.3, 0.4) is 0 Å². The predicted molar refractivity (Wildman–Crippen MR) is 106 cm³/mol. The first-order valence-electron chi connectivity index (χ1n) is 8.18. The molecule has 25 heavy (non-hydrogen) atoms. The third-order valence-corrected chi connectivity index (χ3v) is 5.91. The molecular weight excluding hydrogens is 346 g/mol. The van der Waals surface area contributed by atoms with Gasteiger partial charge in [-0.3, -0.25) is 4.99 Å². The van der Waals surface area contributed by atoms with E-state index in [0.29, 0.717) is 0 Å². The molecule has 5 heteroatoms. The Bertz CT molecular complexity index is 871. The van der Waals surface area contributed by atoms with Gasteiger partial charge in [0.2, 0.25) is 0 Å². The van der Waals surface area contributed by atoms with Crippen LogP contribution in [0, 0.1) is 18.3 Å². The van der Waals surface area contributed by atoms with Crippen molar-refractivity contribution in [3.63, 3.8) is 0 Å². The van der Waals surface area contributed by atoms with Crippen molar-refractivity contribution in [2.45, 2.75) is 32.2 Å². The summed E-state index contributed by atoms with van der Waals surface area (Å²) in [4.78, 5) is 10.4. The van der Waals surface area contributed by atoms with E-state index in [1.165, 1.54) is 21.8 Å². The molecule has 0 N–H and O–H groups in total. The third-order valence-electron chi connectivity index (χ3n) is 3.94. The van der Waals surface area contributed by atoms with E-state index in [1.54, 1.807) is 17.6 Å². The van der Waals surface area contributed by atoms with E-state index >= 15 is 0 Å². The predicted octanol–water partition coefficient (Wildman–Crippen LogP) is 5.54. The molecule has 0 fully saturated rings. The molecule has 2 atom stereocenters. The van der Waals surface area contributed by atoms with Crippen LogP contribution in [-0.2, 0) is 6.42 Å². The van der Waals surface area contributed by atoms with Crippen molar-refractivity contribution in [2.24, 2.45) is 4.99 Å². The number of hydrogen-bond acceptors (Lipinski definition) is 5. The molecule has 126 valence electrons. The van der Waals surface area contributed by atoms with E-state index in [0.717, 1.165) is 22.7 Å². The first-order valence-corrected chi connectivity index (χ1v) is 9.94. The minimum absolute atomic E-state index is 0.0807. The summed E-state index contributed by atoms with van der Waals surface area (Å²) in [6, 6.07) is 14.9. The molecule has 1 unspecified atom stereocenters. The molecule has 0 aliphatic rings. The van der Waals surface area contributed by atoms with E-state index in [-0.39, 0.29) is 6.04 Å². The number of nitriles is 1. The molecule has 0 aliphatic carbocycles. The van der Waals surface area contributed by atoms with Gasteiger partial charge in [0, 0.05) is 22.2 Å². The highest BCUT2D eigenvalue weighted by Crippen LogP contribution is 2.30. The Morgan fingerprint density at radius 2 is 2.04 bits per heavy atom. The summed E-state index contributed by atoms with van der Waals surface area (Å²) in [6.07, 6.45) is 2.77. The zero-order valence-corrected chi connectivity index (χ0v) is 15.8. The summed E-state index contributed by atoms with van der Waals surface area (Å²) in [5.74, 6) is -0.406. The van der Waals surface area contributed by atoms with Gasteiger partial charge in [-0.25, -0.2) is 4.98 Å². The summed E-state index contributed by atoms with van der Waals surface area (Å²) >= 11 is 3.20. The van der Waals surface area contributed by atoms with E-state index in [1.807, 2.05) is 18.4 Å². The Morgan fingerprint density at radius 3 is 2.60 bits per heavy atom. The fraction of sp³-hybridized carbons (Fsp3) is 0.250. The number of benzene rings is 1. The maximum atomic E-state index is 9.50. The average Bonchev–Trinajstić information content (AvgIpc) is 3.31. The van der Waals surface area contributed by atoms with Gasteiger partial charge in [0.25, 0.3) is 0 Å². The average molecular weight is 366 g/mol. The topological polar surface area (TPSA) is 49.0 Å². The van der Waals surface area contributed by atoms with Gasteiger partial charge in [-0.05, 0) is 35.9 Å². The molecule has 2 aromatic heterocycles. The van der Waals surface area contributed by atoms with Crippen molar-refractivity contribution in [3.8, 4) is 6.07 Å². The molecule has 0 radical (unpaired) electrons. The number of hydrogen-bond donors (Lipinski definition) is 0. The summed E-state index contributed by atoms with van der Waals surface area (Å²) in [6.45, 7) is 4.09. The van der Waals surface area contributed by atoms with Crippen LogP contribution in [0.25, 0.3) is 0 Å². The maximum absolute atomic E-state index is 9.50. The first kappa shape index (κ1) is 17.5. The highest BCUT2D eigenvalue weighted by Gasteiger charge is 2.16. The second-order valence-electron chi connectivity index (χ2n) is 5.75. The van der Waals surface area contributed by atoms with E-state index in [4.69, 9.17) is 4.99 Å². The van der Waals surface area contributed by atoms with E-state index < -0.39 is 5.92 Å². The standard InChI is InChI=1S/C20H19N3S2/c1-3-15-6-8-16(9-7-15)19(18-5-4-10-24-18)22-12-17(11-21)20-23-14(2)13-25-20/h4-10,12-13,17,19H,3H2,1-2H3/t17?,19-/m1/s1. The molecular formula is C20H19N3S2. The fourth-order valence-corrected chi connectivity index (χ4v) is 4.14. The highest BCUT2D eigenvalue weighted by atomic mass is 32.1. The molecule has 3 rings (SSSR count). The molecule has 0 bridgehead atoms. The molecule has 3 aromatic rings. The number of aryl methyl sites for hydroxylation is 2. The lowest BCUT2D eigenvalue weighted by atomic mass is 10.0. The summed E-state index contributed by atoms with van der Waals surface area (Å²) < 4.78 is 0. The normalized spacial score (nSPS) is 13.6. The molecule has 0 aliphatic heterocycles. The summed E-state index contributed by atoms with van der Waals surface area (Å²) in [5.41, 5.74) is 3.40. The zero-order chi connectivity index (χ0) is 17.6. The molecule has 1 aromatic carbocycles. The maximum Gasteiger partial charge on any atom is 0.133 e. The van der Waals surface area contributed by atoms with Gasteiger partial charge >= 0.3 is 0 Å². The number of thiazole rings is 1. The SMILES string of the molecule is CCc1ccc([C@@H](N=CC(C#N)c2nc(C)cs2)c2cccs2)cc1. The van der Waals surface area contributed by atoms with Crippen molar-refractivity contribution in [1.29, 1.82) is 5.26 Å². The monoisotopic (exact) mass is 365 g/mol. The minimum atomic E-state index is -0.406. The van der Waals surface area contributed by atoms with Gasteiger partial charge in [-0.1, -0.05) is 37.3 Å². The van der Waals surface area contributed by atoms with Gasteiger partial charge in [0.1, 0.15) is 17.0 Å². The largest absolute Gasteiger partial charge is 0.282 e. The van der Waals surface area contributed by atoms with Gasteiger partial charge in [0.05, 0.1) is 6.07 Å². The van der Waals surface area contributed by atoms with Gasteiger partial charge in [-0.2, -0.15) is 5.26 Å². The second-order valence-corrected chi connectivity index (χ2v) is 7.61. The molecule has 0 amide bonds. The van der Waals surface area contributed by atoms with Crippen molar-refractivity contribution < 1.29 is 0 Å². The number of nitrogens with zero attached hydrogens (tertiary/aromatic N) is 3. The third kappa shape index (κ3) is 4.22. The van der Waals surface area contributed by atoms with Crippen molar-refractivity contribution in [2.75, 3.05) is 0 Å². The fourth-order valence-electron chi connectivity index (χ4n) is 2.55. The minimum Gasteiger partial charge on any atom is -0.282 e. The quantitative estimate of drug-likeness (QED) is 0.538. The smallest absolute Gasteiger partial charge is 0.133 e. The van der Waals surface area contributed by atoms with Crippen LogP contribution >= 0.6 is 22.7 Å². The number of aliphatic imine (C=N–C) groups is 1. The number of thiophene rings is 1. The molecule has 3 nitrogen and oxygen atoms in total. The van der Waals surface area contributed by atoms with Crippen LogP contribution in [0.4, 0.5) is 0 Å². The lowest BCUT2D eigenvalue weighted by Crippen LogP contribution is -2.01. The Hall–Kier alpha value is -2.29. The Balaban J connectivity index is 1.90. The number of aromatic nitrogens is 1. The summed E-state index contributed by atoms with van der Waals surface area (Å²) in [7, 11) is 0. The lowest BCUT2D eigenvalue weighted by molar-refractivity contribution is 0.888. The van der Waals surface area contributed by atoms with Crippen LogP contribution in [0.1, 0.15) is 45.6 Å². The first-order chi connectivity index (χ1) is 12.2. The van der Waals surface area contributed by atoms with Crippen molar-refractivity contribution in [1.82, 2.24) is 4.98 Å². The highest BCUT2D eigenvalue weighted by molar-refractivity contribution is 7.10. The Kier molecular flexibility index (Phi) is 5.75. The summed E-state index contributed by atoms with van der Waals surface area (Å²) in [5, 5.41) is 14.3. The van der Waals surface area contributed by atoms with Crippen molar-refractivity contribution in [3.05, 3.63) is 73.9 Å². The van der Waals surface area contributed by atoms with Crippen LogP contribution in [0.15, 0.2) is 52.2 Å². The number of rotatable bonds is 6. The van der Waals surface area contributed by atoms with Gasteiger partial charge in [-0.15, -0.1) is 22.7 Å². The van der Waals surface area contributed by atoms with Crippen LogP contribution < -0.4 is 0 Å². The Morgan fingerprint density at radius 1 is 1.24 bits per heavy atom. The second kappa shape index (κ2) is 8.19. The molecule has 0 saturated heterocycles. The molecule has 0 spiro atoms. The molecule has 0 saturated carbocycles. The van der Waals surface area contributed by atoms with Crippen LogP contribution in [-0.4, -0.2) is 11.2 Å². The molecule has 2 heterocycles. The van der Waals surface area contributed by atoms with Crippen molar-refractivity contribution >= 4 is 28.9 Å². The Labute approximate surface area is 156 Å². The lowest BCUT2D eigenvalue weighted by Gasteiger charge is -2.12. The van der Waals surface area contributed by atoms with Crippen LogP contribution in [0.5, 0.6) is 0 Å². The van der Waals surface area contributed by atoms with Crippen LogP contribution in [0.2, 0.25) is 0 Å². The zero-order valence-electron chi connectivity index (χ0n) is 14.2.